The minimum atomic E-state index is -1.51. The fourth-order valence-corrected chi connectivity index (χ4v) is 12.4. The van der Waals surface area contributed by atoms with E-state index in [0.717, 1.165) is 38.5 Å². The molecule has 89 heavy (non-hydrogen) atoms. The molecule has 0 aliphatic carbocycles. The van der Waals surface area contributed by atoms with Crippen LogP contribution in [0.15, 0.2) is 12.2 Å². The fraction of sp³-hybridized carbons (Fsp3) is 0.938. The highest BCUT2D eigenvalue weighted by atomic mass is 16.7. The molecule has 0 saturated heterocycles. The Morgan fingerprint density at radius 3 is 0.831 bits per heavy atom. The van der Waals surface area contributed by atoms with Crippen molar-refractivity contribution in [3.05, 3.63) is 12.2 Å². The van der Waals surface area contributed by atoms with Gasteiger partial charge in [0.15, 0.2) is 6.10 Å². The highest BCUT2D eigenvalue weighted by Gasteiger charge is 2.25. The number of esters is 2. The minimum Gasteiger partial charge on any atom is -0.477 e. The highest BCUT2D eigenvalue weighted by Crippen LogP contribution is 2.20. The lowest BCUT2D eigenvalue weighted by Gasteiger charge is -2.25. The molecule has 1 N–H and O–H groups in total. The second-order valence-electron chi connectivity index (χ2n) is 28.7. The van der Waals surface area contributed by atoms with Crippen LogP contribution in [0.2, 0.25) is 0 Å². The molecular formula is C80H156NO8+. The molecule has 0 radical (unpaired) electrons. The third kappa shape index (κ3) is 73.3. The Morgan fingerprint density at radius 1 is 0.326 bits per heavy atom. The quantitative estimate of drug-likeness (QED) is 0.0211. The second-order valence-corrected chi connectivity index (χ2v) is 28.7. The van der Waals surface area contributed by atoms with Crippen molar-refractivity contribution in [2.75, 3.05) is 47.5 Å². The van der Waals surface area contributed by atoms with Crippen LogP contribution < -0.4 is 0 Å². The molecule has 2 atom stereocenters. The Labute approximate surface area is 555 Å². The van der Waals surface area contributed by atoms with Crippen molar-refractivity contribution in [1.29, 1.82) is 0 Å². The summed E-state index contributed by atoms with van der Waals surface area (Å²) in [6.45, 7) is 4.97. The average molecular weight is 1260 g/mol. The first-order valence-electron chi connectivity index (χ1n) is 39.9. The summed E-state index contributed by atoms with van der Waals surface area (Å²) in [5.74, 6) is -1.97. The van der Waals surface area contributed by atoms with E-state index in [-0.39, 0.29) is 38.2 Å². The topological polar surface area (TPSA) is 108 Å². The van der Waals surface area contributed by atoms with Crippen LogP contribution in [-0.2, 0) is 33.3 Å². The maximum absolute atomic E-state index is 13.0. The number of carboxylic acids is 1. The van der Waals surface area contributed by atoms with Crippen molar-refractivity contribution < 1.29 is 42.9 Å². The summed E-state index contributed by atoms with van der Waals surface area (Å²) in [5.41, 5.74) is 0. The largest absolute Gasteiger partial charge is 0.477 e. The van der Waals surface area contributed by atoms with Crippen LogP contribution in [0.4, 0.5) is 0 Å². The first kappa shape index (κ1) is 87.0. The lowest BCUT2D eigenvalue weighted by Crippen LogP contribution is -2.40. The van der Waals surface area contributed by atoms with Gasteiger partial charge >= 0.3 is 17.9 Å². The van der Waals surface area contributed by atoms with Crippen molar-refractivity contribution in [2.45, 2.75) is 437 Å². The molecule has 528 valence electrons. The number of unbranched alkanes of at least 4 members (excludes halogenated alkanes) is 59. The molecule has 9 heteroatoms. The number of allylic oxidation sites excluding steroid dienone is 2. The van der Waals surface area contributed by atoms with Gasteiger partial charge in [-0.2, -0.15) is 0 Å². The van der Waals surface area contributed by atoms with Crippen LogP contribution in [0.5, 0.6) is 0 Å². The van der Waals surface area contributed by atoms with Gasteiger partial charge in [-0.25, -0.2) is 4.79 Å². The van der Waals surface area contributed by atoms with Gasteiger partial charge in [0, 0.05) is 12.8 Å². The van der Waals surface area contributed by atoms with E-state index >= 15 is 0 Å². The Bertz CT molecular complexity index is 1460. The number of carbonyl (C=O) groups is 3. The number of hydrogen-bond donors (Lipinski definition) is 1. The maximum Gasteiger partial charge on any atom is 0.361 e. The van der Waals surface area contributed by atoms with Crippen molar-refractivity contribution in [2.24, 2.45) is 0 Å². The molecule has 0 bridgehead atoms. The molecule has 0 saturated carbocycles. The van der Waals surface area contributed by atoms with Crippen LogP contribution in [-0.4, -0.2) is 87.4 Å². The van der Waals surface area contributed by atoms with Crippen LogP contribution >= 0.6 is 0 Å². The van der Waals surface area contributed by atoms with Gasteiger partial charge in [0.25, 0.3) is 6.29 Å². The second kappa shape index (κ2) is 71.9. The van der Waals surface area contributed by atoms with Crippen molar-refractivity contribution in [1.82, 2.24) is 0 Å². The zero-order valence-corrected chi connectivity index (χ0v) is 60.6. The summed E-state index contributed by atoms with van der Waals surface area (Å²) in [5, 5.41) is 9.76. The number of nitrogens with zero attached hydrogens (tertiary/aromatic N) is 1. The SMILES string of the molecule is CCCCCCCCCC/C=C\CCCCCCCCCCCCCCCC(=O)OC(COC(=O)CCCCCCCCCCCCCCCCCCCCCCCCCCCCCCCCCCCCCCCCC)COC(OCC[N+](C)(C)C)C(=O)O. The van der Waals surface area contributed by atoms with Crippen LogP contribution in [0.3, 0.4) is 0 Å². The van der Waals surface area contributed by atoms with Gasteiger partial charge < -0.3 is 28.5 Å². The van der Waals surface area contributed by atoms with E-state index in [1.807, 2.05) is 21.1 Å². The maximum atomic E-state index is 13.0. The van der Waals surface area contributed by atoms with Gasteiger partial charge in [-0.05, 0) is 38.5 Å². The number of aliphatic carboxylic acids is 1. The summed E-state index contributed by atoms with van der Waals surface area (Å²) in [7, 11) is 6.00. The van der Waals surface area contributed by atoms with E-state index in [0.29, 0.717) is 17.4 Å². The van der Waals surface area contributed by atoms with Crippen LogP contribution in [0.25, 0.3) is 0 Å². The van der Waals surface area contributed by atoms with Gasteiger partial charge in [0.1, 0.15) is 13.2 Å². The lowest BCUT2D eigenvalue weighted by atomic mass is 10.0. The molecule has 0 aromatic carbocycles. The number of rotatable bonds is 76. The van der Waals surface area contributed by atoms with Gasteiger partial charge in [0.2, 0.25) is 0 Å². The molecule has 0 aromatic heterocycles. The Morgan fingerprint density at radius 2 is 0.573 bits per heavy atom. The summed E-state index contributed by atoms with van der Waals surface area (Å²) in [6.07, 6.45) is 86.7. The number of likely N-dealkylation sites (N-methyl/N-ethyl adjacent to an activating group) is 1. The van der Waals surface area contributed by atoms with E-state index in [1.54, 1.807) is 0 Å². The van der Waals surface area contributed by atoms with E-state index < -0.39 is 18.4 Å². The van der Waals surface area contributed by atoms with Crippen LogP contribution in [0.1, 0.15) is 425 Å². The number of carboxylic acid groups (broad SMARTS) is 1. The number of quaternary nitrogens is 1. The predicted octanol–water partition coefficient (Wildman–Crippen LogP) is 25.2. The predicted molar refractivity (Wildman–Crippen MR) is 383 cm³/mol. The molecule has 0 fully saturated rings. The fourth-order valence-electron chi connectivity index (χ4n) is 12.4. The van der Waals surface area contributed by atoms with E-state index in [1.165, 1.54) is 360 Å². The molecule has 0 aromatic rings. The summed E-state index contributed by atoms with van der Waals surface area (Å²) in [6, 6.07) is 0. The third-order valence-corrected chi connectivity index (χ3v) is 18.5. The van der Waals surface area contributed by atoms with Crippen molar-refractivity contribution in [3.8, 4) is 0 Å². The zero-order chi connectivity index (χ0) is 64.7. The number of hydrogen-bond acceptors (Lipinski definition) is 7. The van der Waals surface area contributed by atoms with Gasteiger partial charge in [0.05, 0.1) is 34.4 Å². The van der Waals surface area contributed by atoms with Crippen LogP contribution in [0, 0.1) is 0 Å². The number of ether oxygens (including phenoxy) is 4. The molecular weight excluding hydrogens is 1100 g/mol. The number of carbonyl (C=O) groups excluding carboxylic acids is 2. The van der Waals surface area contributed by atoms with E-state index in [2.05, 4.69) is 26.0 Å². The van der Waals surface area contributed by atoms with Crippen molar-refractivity contribution in [3.63, 3.8) is 0 Å². The smallest absolute Gasteiger partial charge is 0.361 e. The van der Waals surface area contributed by atoms with Gasteiger partial charge in [-0.1, -0.05) is 386 Å². The van der Waals surface area contributed by atoms with Gasteiger partial charge in [-0.15, -0.1) is 0 Å². The van der Waals surface area contributed by atoms with E-state index in [9.17, 15) is 19.5 Å². The molecule has 0 heterocycles. The molecule has 0 aliphatic rings. The average Bonchev–Trinajstić information content (AvgIpc) is 3.64. The van der Waals surface area contributed by atoms with Crippen molar-refractivity contribution >= 4 is 17.9 Å². The van der Waals surface area contributed by atoms with E-state index in [4.69, 9.17) is 18.9 Å². The summed E-state index contributed by atoms with van der Waals surface area (Å²) in [4.78, 5) is 37.7. The first-order valence-corrected chi connectivity index (χ1v) is 39.9. The Balaban J connectivity index is 3.92. The zero-order valence-electron chi connectivity index (χ0n) is 60.6. The molecule has 0 amide bonds. The Hall–Kier alpha value is -1.97. The molecule has 0 rings (SSSR count). The normalized spacial score (nSPS) is 12.6. The molecule has 9 nitrogen and oxygen atoms in total. The monoisotopic (exact) mass is 1260 g/mol. The molecule has 0 aliphatic heterocycles. The summed E-state index contributed by atoms with van der Waals surface area (Å²) < 4.78 is 23.0. The molecule has 2 unspecified atom stereocenters. The standard InChI is InChI=1S/C80H155NO8/c1-6-8-10-12-14-16-18-20-22-24-26-28-30-32-33-34-35-36-37-38-39-40-41-42-43-44-45-47-48-50-52-54-56-58-60-62-64-66-68-70-77(82)87-74-76(75-88-80(79(84)85)86-73-72-81(3,4)5)89-78(83)71-69-67-65-63-61-59-57-55-53-51-49-46-31-29-27-25-23-21-19-17-15-13-11-9-7-2/h25,27,76,80H,6-24,26,28-75H2,1-5H3/p+1/b27-25-. The first-order chi connectivity index (χ1) is 43.6. The summed E-state index contributed by atoms with van der Waals surface area (Å²) >= 11 is 0. The van der Waals surface area contributed by atoms with Gasteiger partial charge in [-0.3, -0.25) is 9.59 Å². The highest BCUT2D eigenvalue weighted by molar-refractivity contribution is 5.71. The lowest BCUT2D eigenvalue weighted by molar-refractivity contribution is -0.870. The minimum absolute atomic E-state index is 0.174. The third-order valence-electron chi connectivity index (χ3n) is 18.5. The Kier molecular flexibility index (Phi) is 70.3. The molecule has 0 spiro atoms.